The normalized spacial score (nSPS) is 19.8. The van der Waals surface area contributed by atoms with Crippen LogP contribution in [0.4, 0.5) is 11.6 Å². The van der Waals surface area contributed by atoms with E-state index in [4.69, 9.17) is 0 Å². The van der Waals surface area contributed by atoms with Crippen LogP contribution in [0, 0.1) is 5.41 Å². The molecule has 1 aliphatic rings. The van der Waals surface area contributed by atoms with Crippen molar-refractivity contribution in [3.05, 3.63) is 12.4 Å². The molecule has 0 saturated carbocycles. The van der Waals surface area contributed by atoms with Gasteiger partial charge in [-0.15, -0.1) is 0 Å². The molecule has 3 N–H and O–H groups in total. The second-order valence-corrected chi connectivity index (χ2v) is 6.04. The Hall–Kier alpha value is -1.36. The maximum Gasteiger partial charge on any atom is 0.131 e. The first-order valence-corrected chi connectivity index (χ1v) is 6.56. The Kier molecular flexibility index (Phi) is 4.01. The van der Waals surface area contributed by atoms with Crippen molar-refractivity contribution in [2.24, 2.45) is 5.41 Å². The van der Waals surface area contributed by atoms with Crippen LogP contribution in [0.15, 0.2) is 12.4 Å². The minimum Gasteiger partial charge on any atom is -0.369 e. The van der Waals surface area contributed by atoms with E-state index in [0.717, 1.165) is 37.7 Å². The second kappa shape index (κ2) is 5.52. The summed E-state index contributed by atoms with van der Waals surface area (Å²) in [5, 5.41) is 10.1. The molecule has 2 heterocycles. The van der Waals surface area contributed by atoms with Gasteiger partial charge in [-0.05, 0) is 18.4 Å². The molecule has 0 aliphatic carbocycles. The Balaban J connectivity index is 1.92. The molecule has 0 aromatic carbocycles. The van der Waals surface area contributed by atoms with Gasteiger partial charge in [-0.25, -0.2) is 9.97 Å². The summed E-state index contributed by atoms with van der Waals surface area (Å²) in [6, 6.07) is 2.46. The molecule has 1 saturated heterocycles. The topological polar surface area (TPSA) is 61.9 Å². The minimum absolute atomic E-state index is 0.244. The lowest BCUT2D eigenvalue weighted by atomic mass is 9.97. The third-order valence-corrected chi connectivity index (χ3v) is 2.88. The van der Waals surface area contributed by atoms with Crippen molar-refractivity contribution in [3.8, 4) is 0 Å². The van der Waals surface area contributed by atoms with E-state index in [9.17, 15) is 0 Å². The van der Waals surface area contributed by atoms with Gasteiger partial charge in [-0.1, -0.05) is 20.8 Å². The fourth-order valence-electron chi connectivity index (χ4n) is 1.88. The minimum atomic E-state index is 0.244. The van der Waals surface area contributed by atoms with Crippen LogP contribution in [-0.2, 0) is 0 Å². The largest absolute Gasteiger partial charge is 0.369 e. The van der Waals surface area contributed by atoms with E-state index in [1.54, 1.807) is 6.33 Å². The van der Waals surface area contributed by atoms with Gasteiger partial charge in [-0.3, -0.25) is 0 Å². The zero-order chi connectivity index (χ0) is 13.0. The van der Waals surface area contributed by atoms with Gasteiger partial charge in [0, 0.05) is 25.2 Å². The molecule has 1 aromatic rings. The lowest BCUT2D eigenvalue weighted by molar-refractivity contribution is 0.442. The van der Waals surface area contributed by atoms with Gasteiger partial charge < -0.3 is 16.0 Å². The van der Waals surface area contributed by atoms with Crippen LogP contribution < -0.4 is 16.0 Å². The van der Waals surface area contributed by atoms with Crippen LogP contribution >= 0.6 is 0 Å². The number of rotatable bonds is 4. The third-order valence-electron chi connectivity index (χ3n) is 2.88. The highest BCUT2D eigenvalue weighted by atomic mass is 15.1. The summed E-state index contributed by atoms with van der Waals surface area (Å²) in [7, 11) is 0. The SMILES string of the molecule is CC(C)(C)CNc1cc(NC2CCNC2)ncn1. The Bertz CT molecular complexity index is 379. The standard InChI is InChI=1S/C13H23N5/c1-13(2,3)8-15-11-6-12(17-9-16-11)18-10-4-5-14-7-10/h6,9-10,14H,4-5,7-8H2,1-3H3,(H2,15,16,17,18). The molecule has 0 amide bonds. The predicted octanol–water partition coefficient (Wildman–Crippen LogP) is 1.71. The maximum absolute atomic E-state index is 4.26. The van der Waals surface area contributed by atoms with Gasteiger partial charge in [0.05, 0.1) is 0 Å². The quantitative estimate of drug-likeness (QED) is 0.758. The molecule has 100 valence electrons. The van der Waals surface area contributed by atoms with Crippen LogP contribution in [-0.4, -0.2) is 35.6 Å². The van der Waals surface area contributed by atoms with Crippen LogP contribution in [0.25, 0.3) is 0 Å². The summed E-state index contributed by atoms with van der Waals surface area (Å²) in [5.74, 6) is 1.78. The third kappa shape index (κ3) is 4.14. The molecule has 5 heteroatoms. The zero-order valence-electron chi connectivity index (χ0n) is 11.5. The van der Waals surface area contributed by atoms with Gasteiger partial charge in [-0.2, -0.15) is 0 Å². The fourth-order valence-corrected chi connectivity index (χ4v) is 1.88. The van der Waals surface area contributed by atoms with Crippen molar-refractivity contribution in [3.63, 3.8) is 0 Å². The molecule has 1 aromatic heterocycles. The van der Waals surface area contributed by atoms with Crippen LogP contribution in [0.3, 0.4) is 0 Å². The molecular weight excluding hydrogens is 226 g/mol. The van der Waals surface area contributed by atoms with Gasteiger partial charge in [0.15, 0.2) is 0 Å². The molecule has 1 atom stereocenters. The molecule has 2 rings (SSSR count). The van der Waals surface area contributed by atoms with Crippen molar-refractivity contribution in [2.75, 3.05) is 30.3 Å². The van der Waals surface area contributed by atoms with Gasteiger partial charge >= 0.3 is 0 Å². The maximum atomic E-state index is 4.26. The Labute approximate surface area is 109 Å². The summed E-state index contributed by atoms with van der Waals surface area (Å²) < 4.78 is 0. The monoisotopic (exact) mass is 249 g/mol. The highest BCUT2D eigenvalue weighted by Crippen LogP contribution is 2.16. The number of aromatic nitrogens is 2. The van der Waals surface area contributed by atoms with Gasteiger partial charge in [0.25, 0.3) is 0 Å². The van der Waals surface area contributed by atoms with Gasteiger partial charge in [0.2, 0.25) is 0 Å². The lowest BCUT2D eigenvalue weighted by Crippen LogP contribution is -2.23. The first-order chi connectivity index (χ1) is 8.53. The van der Waals surface area contributed by atoms with Crippen molar-refractivity contribution in [1.29, 1.82) is 0 Å². The van der Waals surface area contributed by atoms with Crippen molar-refractivity contribution in [1.82, 2.24) is 15.3 Å². The highest BCUT2D eigenvalue weighted by molar-refractivity contribution is 5.47. The average Bonchev–Trinajstić information content (AvgIpc) is 2.79. The number of hydrogen-bond acceptors (Lipinski definition) is 5. The summed E-state index contributed by atoms with van der Waals surface area (Å²) in [6.45, 7) is 9.58. The van der Waals surface area contributed by atoms with E-state index in [0.29, 0.717) is 6.04 Å². The summed E-state index contributed by atoms with van der Waals surface area (Å²) >= 11 is 0. The Morgan fingerprint density at radius 2 is 2.11 bits per heavy atom. The molecule has 0 radical (unpaired) electrons. The van der Waals surface area contributed by atoms with Crippen LogP contribution in [0.2, 0.25) is 0 Å². The second-order valence-electron chi connectivity index (χ2n) is 6.04. The number of hydrogen-bond donors (Lipinski definition) is 3. The first-order valence-electron chi connectivity index (χ1n) is 6.56. The van der Waals surface area contributed by atoms with Crippen LogP contribution in [0.5, 0.6) is 0 Å². The fraction of sp³-hybridized carbons (Fsp3) is 0.692. The van der Waals surface area contributed by atoms with Crippen molar-refractivity contribution < 1.29 is 0 Å². The molecule has 18 heavy (non-hydrogen) atoms. The molecule has 0 spiro atoms. The summed E-state index contributed by atoms with van der Waals surface area (Å²) in [4.78, 5) is 8.50. The van der Waals surface area contributed by atoms with Crippen molar-refractivity contribution in [2.45, 2.75) is 33.2 Å². The number of nitrogens with one attached hydrogen (secondary N) is 3. The Morgan fingerprint density at radius 1 is 1.33 bits per heavy atom. The number of anilines is 2. The smallest absolute Gasteiger partial charge is 0.131 e. The van der Waals surface area contributed by atoms with E-state index >= 15 is 0 Å². The van der Waals surface area contributed by atoms with E-state index in [1.807, 2.05) is 6.07 Å². The van der Waals surface area contributed by atoms with E-state index in [1.165, 1.54) is 0 Å². The molecule has 0 bridgehead atoms. The van der Waals surface area contributed by atoms with Crippen LogP contribution in [0.1, 0.15) is 27.2 Å². The molecule has 1 unspecified atom stereocenters. The van der Waals surface area contributed by atoms with E-state index in [-0.39, 0.29) is 5.41 Å². The summed E-state index contributed by atoms with van der Waals surface area (Å²) in [5.41, 5.74) is 0.244. The lowest BCUT2D eigenvalue weighted by Gasteiger charge is -2.19. The predicted molar refractivity (Wildman–Crippen MR) is 74.9 cm³/mol. The van der Waals surface area contributed by atoms with E-state index in [2.05, 4.69) is 46.7 Å². The first kappa shape index (κ1) is 13.1. The number of nitrogens with zero attached hydrogens (tertiary/aromatic N) is 2. The molecule has 5 nitrogen and oxygen atoms in total. The Morgan fingerprint density at radius 3 is 2.78 bits per heavy atom. The van der Waals surface area contributed by atoms with Crippen molar-refractivity contribution >= 4 is 11.6 Å². The molecular formula is C13H23N5. The highest BCUT2D eigenvalue weighted by Gasteiger charge is 2.15. The van der Waals surface area contributed by atoms with E-state index < -0.39 is 0 Å². The average molecular weight is 249 g/mol. The molecule has 1 fully saturated rings. The zero-order valence-corrected chi connectivity index (χ0v) is 11.5. The van der Waals surface area contributed by atoms with Gasteiger partial charge in [0.1, 0.15) is 18.0 Å². The summed E-state index contributed by atoms with van der Waals surface area (Å²) in [6.07, 6.45) is 2.75. The molecule has 1 aliphatic heterocycles.